The van der Waals surface area contributed by atoms with Gasteiger partial charge in [0.25, 0.3) is 5.56 Å². The maximum Gasteiger partial charge on any atom is 0.419 e. The van der Waals surface area contributed by atoms with E-state index >= 15 is 0 Å². The number of fused-ring (bicyclic) bond motifs is 5. The summed E-state index contributed by atoms with van der Waals surface area (Å²) >= 11 is 0. The van der Waals surface area contributed by atoms with Gasteiger partial charge in [0.2, 0.25) is 0 Å². The van der Waals surface area contributed by atoms with Crippen molar-refractivity contribution in [2.75, 3.05) is 0 Å². The van der Waals surface area contributed by atoms with Gasteiger partial charge in [0, 0.05) is 5.39 Å². The van der Waals surface area contributed by atoms with Crippen molar-refractivity contribution < 1.29 is 18.7 Å². The van der Waals surface area contributed by atoms with Gasteiger partial charge in [-0.05, 0) is 24.3 Å². The molecule has 2 aromatic heterocycles. The van der Waals surface area contributed by atoms with Gasteiger partial charge in [0.05, 0.1) is 11.0 Å². The predicted octanol–water partition coefficient (Wildman–Crippen LogP) is 3.21. The van der Waals surface area contributed by atoms with Gasteiger partial charge in [0.15, 0.2) is 11.6 Å². The molecule has 0 aliphatic rings. The normalized spacial score (nSPS) is 11.6. The third-order valence-electron chi connectivity index (χ3n) is 3.84. The van der Waals surface area contributed by atoms with E-state index in [0.717, 1.165) is 12.1 Å². The van der Waals surface area contributed by atoms with Crippen LogP contribution in [-0.4, -0.2) is 20.2 Å². The maximum atomic E-state index is 14.4. The lowest BCUT2D eigenvalue weighted by Crippen LogP contribution is -2.28. The number of aromatic nitrogens is 2. The van der Waals surface area contributed by atoms with Crippen molar-refractivity contribution in [2.24, 2.45) is 0 Å². The second-order valence-electron chi connectivity index (χ2n) is 5.08. The topological polar surface area (TPSA) is 63.7 Å². The molecule has 0 aliphatic heterocycles. The Morgan fingerprint density at radius 2 is 1.74 bits per heavy atom. The number of hydrogen-bond acceptors (Lipinski definition) is 2. The number of rotatable bonds is 0. The third kappa shape index (κ3) is 1.64. The lowest BCUT2D eigenvalue weighted by atomic mass is 10.2. The molecule has 0 fully saturated rings. The Morgan fingerprint density at radius 3 is 2.48 bits per heavy atom. The van der Waals surface area contributed by atoms with E-state index in [2.05, 4.69) is 0 Å². The van der Waals surface area contributed by atoms with E-state index in [0.29, 0.717) is 15.5 Å². The molecule has 0 amide bonds. The predicted molar refractivity (Wildman–Crippen MR) is 80.0 cm³/mol. The van der Waals surface area contributed by atoms with Crippen LogP contribution in [0.1, 0.15) is 0 Å². The van der Waals surface area contributed by atoms with Crippen molar-refractivity contribution in [3.05, 3.63) is 64.5 Å². The van der Waals surface area contributed by atoms with E-state index in [4.69, 9.17) is 0 Å². The number of para-hydroxylation sites is 1. The summed E-state index contributed by atoms with van der Waals surface area (Å²) in [6, 6.07) is 10.1. The first kappa shape index (κ1) is 13.4. The fourth-order valence-corrected chi connectivity index (χ4v) is 2.89. The highest BCUT2D eigenvalue weighted by molar-refractivity contribution is 5.96. The van der Waals surface area contributed by atoms with Crippen LogP contribution in [-0.2, 0) is 0 Å². The molecule has 0 atom stereocenters. The first-order chi connectivity index (χ1) is 11.0. The summed E-state index contributed by atoms with van der Waals surface area (Å²) < 4.78 is 29.8. The lowest BCUT2D eigenvalue weighted by Gasteiger charge is -2.10. The van der Waals surface area contributed by atoms with E-state index in [1.807, 2.05) is 0 Å². The van der Waals surface area contributed by atoms with E-state index < -0.39 is 23.3 Å². The van der Waals surface area contributed by atoms with Crippen LogP contribution in [0.15, 0.2) is 47.3 Å². The minimum Gasteiger partial charge on any atom is -0.464 e. The average Bonchev–Trinajstić information content (AvgIpc) is 2.91. The van der Waals surface area contributed by atoms with Crippen LogP contribution in [0.2, 0.25) is 0 Å². The quantitative estimate of drug-likeness (QED) is 0.542. The van der Waals surface area contributed by atoms with Crippen LogP contribution < -0.4 is 5.56 Å². The summed E-state index contributed by atoms with van der Waals surface area (Å²) in [5, 5.41) is 9.92. The van der Waals surface area contributed by atoms with Crippen molar-refractivity contribution in [1.29, 1.82) is 0 Å². The molecule has 1 N–H and O–H groups in total. The number of nitrogens with zero attached hydrogens (tertiary/aromatic N) is 2. The minimum absolute atomic E-state index is 0.0365. The monoisotopic (exact) mass is 314 g/mol. The van der Waals surface area contributed by atoms with Crippen molar-refractivity contribution >= 4 is 33.5 Å². The van der Waals surface area contributed by atoms with Crippen LogP contribution in [0, 0.1) is 11.6 Å². The van der Waals surface area contributed by atoms with Gasteiger partial charge in [-0.1, -0.05) is 18.2 Å². The van der Waals surface area contributed by atoms with E-state index in [1.54, 1.807) is 24.3 Å². The molecule has 0 saturated heterocycles. The van der Waals surface area contributed by atoms with Gasteiger partial charge in [-0.15, -0.1) is 0 Å². The summed E-state index contributed by atoms with van der Waals surface area (Å²) in [5.41, 5.74) is -0.858. The second-order valence-corrected chi connectivity index (χ2v) is 5.08. The Hall–Kier alpha value is -3.22. The molecule has 0 spiro atoms. The molecule has 23 heavy (non-hydrogen) atoms. The summed E-state index contributed by atoms with van der Waals surface area (Å²) in [4.78, 5) is 23.9. The highest BCUT2D eigenvalue weighted by atomic mass is 19.2. The first-order valence-electron chi connectivity index (χ1n) is 6.67. The molecule has 2 aromatic carbocycles. The lowest BCUT2D eigenvalue weighted by molar-refractivity contribution is 0.196. The molecule has 7 heteroatoms. The van der Waals surface area contributed by atoms with Crippen LogP contribution in [0.3, 0.4) is 0 Å². The molecule has 2 heterocycles. The molecule has 0 radical (unpaired) electrons. The average molecular weight is 314 g/mol. The first-order valence-corrected chi connectivity index (χ1v) is 6.67. The maximum absolute atomic E-state index is 14.4. The smallest absolute Gasteiger partial charge is 0.419 e. The molecule has 114 valence electrons. The molecule has 0 bridgehead atoms. The van der Waals surface area contributed by atoms with Crippen LogP contribution >= 0.6 is 0 Å². The molecular formula is C16H8F2N2O3. The zero-order chi connectivity index (χ0) is 16.3. The molecule has 0 aliphatic carbocycles. The fourth-order valence-electron chi connectivity index (χ4n) is 2.89. The number of carbonyl (C=O) groups is 1. The molecule has 0 unspecified atom stereocenters. The largest absolute Gasteiger partial charge is 0.464 e. The van der Waals surface area contributed by atoms with Gasteiger partial charge < -0.3 is 9.51 Å². The second kappa shape index (κ2) is 4.39. The van der Waals surface area contributed by atoms with Crippen LogP contribution in [0.5, 0.6) is 0 Å². The van der Waals surface area contributed by atoms with Gasteiger partial charge in [-0.2, -0.15) is 0 Å². The Kier molecular flexibility index (Phi) is 2.57. The summed E-state index contributed by atoms with van der Waals surface area (Å²) in [6.07, 6.45) is -1.56. The molecule has 5 nitrogen and oxygen atoms in total. The summed E-state index contributed by atoms with van der Waals surface area (Å²) in [5.74, 6) is -2.32. The van der Waals surface area contributed by atoms with Crippen LogP contribution in [0.4, 0.5) is 13.6 Å². The van der Waals surface area contributed by atoms with Crippen molar-refractivity contribution in [2.45, 2.75) is 0 Å². The summed E-state index contributed by atoms with van der Waals surface area (Å²) in [7, 11) is 0. The van der Waals surface area contributed by atoms with Crippen molar-refractivity contribution in [1.82, 2.24) is 8.97 Å². The number of benzene rings is 2. The molecular weight excluding hydrogens is 306 g/mol. The van der Waals surface area contributed by atoms with E-state index in [1.165, 1.54) is 10.5 Å². The SMILES string of the molecule is O=C(O)n1c(=O)c2cc3ccccc3n2c2c(F)c(F)ccc21. The fraction of sp³-hybridized carbons (Fsp3) is 0. The molecule has 0 saturated carbocycles. The van der Waals surface area contributed by atoms with E-state index in [9.17, 15) is 23.5 Å². The van der Waals surface area contributed by atoms with Gasteiger partial charge in [0.1, 0.15) is 11.0 Å². The standard InChI is InChI=1S/C16H8F2N2O3/c17-9-5-6-11-14(13(9)18)19-10-4-2-1-3-8(10)7-12(19)15(21)20(11)16(22)23/h1-7H,(H,22,23). The Labute approximate surface area is 126 Å². The Bertz CT molecular complexity index is 1190. The molecule has 4 rings (SSSR count). The number of halogens is 2. The number of carboxylic acid groups (broad SMARTS) is 1. The van der Waals surface area contributed by atoms with E-state index in [-0.39, 0.29) is 16.6 Å². The Morgan fingerprint density at radius 1 is 1.00 bits per heavy atom. The Balaban J connectivity index is 2.47. The van der Waals surface area contributed by atoms with Gasteiger partial charge in [-0.25, -0.2) is 18.1 Å². The van der Waals surface area contributed by atoms with Gasteiger partial charge in [-0.3, -0.25) is 4.79 Å². The van der Waals surface area contributed by atoms with Crippen molar-refractivity contribution in [3.63, 3.8) is 0 Å². The number of hydrogen-bond donors (Lipinski definition) is 1. The van der Waals surface area contributed by atoms with Crippen molar-refractivity contribution in [3.8, 4) is 0 Å². The summed E-state index contributed by atoms with van der Waals surface area (Å²) in [6.45, 7) is 0. The van der Waals surface area contributed by atoms with Crippen LogP contribution in [0.25, 0.3) is 27.5 Å². The highest BCUT2D eigenvalue weighted by Gasteiger charge is 2.21. The van der Waals surface area contributed by atoms with Gasteiger partial charge >= 0.3 is 6.09 Å². The zero-order valence-corrected chi connectivity index (χ0v) is 11.5. The molecule has 4 aromatic rings. The zero-order valence-electron chi connectivity index (χ0n) is 11.5. The third-order valence-corrected chi connectivity index (χ3v) is 3.84. The highest BCUT2D eigenvalue weighted by Crippen LogP contribution is 2.26. The minimum atomic E-state index is -1.56.